The smallest absolute Gasteiger partial charge is 0.342 e. The topological polar surface area (TPSA) is 61.9 Å². The zero-order chi connectivity index (χ0) is 15.7. The maximum absolute atomic E-state index is 12.6. The number of fused-ring (bicyclic) bond motifs is 1. The minimum Gasteiger partial charge on any atom is -0.342 e. The highest BCUT2D eigenvalue weighted by molar-refractivity contribution is 5.80. The van der Waals surface area contributed by atoms with Gasteiger partial charge in [-0.1, -0.05) is 0 Å². The first-order valence-electron chi connectivity index (χ1n) is 7.06. The molecule has 118 valence electrons. The predicted molar refractivity (Wildman–Crippen MR) is 73.0 cm³/mol. The Bertz CT molecular complexity index is 641. The summed E-state index contributed by atoms with van der Waals surface area (Å²) < 4.78 is 37.8. The first kappa shape index (κ1) is 14.8. The number of halogens is 3. The predicted octanol–water partition coefficient (Wildman–Crippen LogP) is 2.30. The number of H-pyrrole nitrogens is 1. The van der Waals surface area contributed by atoms with Gasteiger partial charge in [0, 0.05) is 19.3 Å². The quantitative estimate of drug-likeness (QED) is 0.925. The molecule has 1 aliphatic rings. The highest BCUT2D eigenvalue weighted by Crippen LogP contribution is 2.34. The van der Waals surface area contributed by atoms with Crippen molar-refractivity contribution in [2.75, 3.05) is 13.1 Å². The third kappa shape index (κ3) is 3.05. The minimum absolute atomic E-state index is 0.0285. The van der Waals surface area contributed by atoms with Gasteiger partial charge in [0.2, 0.25) is 5.91 Å². The van der Waals surface area contributed by atoms with Crippen LogP contribution < -0.4 is 0 Å². The number of rotatable bonds is 2. The molecule has 22 heavy (non-hydrogen) atoms. The van der Waals surface area contributed by atoms with Gasteiger partial charge in [0.25, 0.3) is 0 Å². The Morgan fingerprint density at radius 2 is 2.09 bits per heavy atom. The van der Waals surface area contributed by atoms with Gasteiger partial charge < -0.3 is 9.88 Å². The van der Waals surface area contributed by atoms with Crippen LogP contribution in [0, 0.1) is 5.92 Å². The Labute approximate surface area is 124 Å². The van der Waals surface area contributed by atoms with Gasteiger partial charge >= 0.3 is 6.18 Å². The summed E-state index contributed by atoms with van der Waals surface area (Å²) in [5, 5.41) is 0. The summed E-state index contributed by atoms with van der Waals surface area (Å²) in [7, 11) is 0. The molecule has 3 rings (SSSR count). The van der Waals surface area contributed by atoms with E-state index in [4.69, 9.17) is 0 Å². The van der Waals surface area contributed by atoms with Crippen LogP contribution in [-0.2, 0) is 11.2 Å². The number of alkyl halides is 3. The third-order valence-electron chi connectivity index (χ3n) is 3.96. The lowest BCUT2D eigenvalue weighted by Gasteiger charge is -2.32. The summed E-state index contributed by atoms with van der Waals surface area (Å²) in [5.74, 6) is -0.993. The molecule has 1 aliphatic heterocycles. The maximum atomic E-state index is 12.6. The molecule has 1 amide bonds. The summed E-state index contributed by atoms with van der Waals surface area (Å²) in [4.78, 5) is 24.9. The van der Waals surface area contributed by atoms with E-state index >= 15 is 0 Å². The largest absolute Gasteiger partial charge is 0.391 e. The Balaban J connectivity index is 1.61. The lowest BCUT2D eigenvalue weighted by Crippen LogP contribution is -2.42. The molecular weight excluding hydrogens is 297 g/mol. The van der Waals surface area contributed by atoms with Crippen LogP contribution in [0.4, 0.5) is 13.2 Å². The number of carbonyl (C=O) groups excluding carboxylic acids is 1. The Hall–Kier alpha value is -2.12. The molecular formula is C14H15F3N4O. The third-order valence-corrected chi connectivity index (χ3v) is 3.96. The summed E-state index contributed by atoms with van der Waals surface area (Å²) in [5.41, 5.74) is 1.45. The van der Waals surface area contributed by atoms with Crippen molar-refractivity contribution >= 4 is 16.9 Å². The van der Waals surface area contributed by atoms with E-state index < -0.39 is 12.1 Å². The zero-order valence-electron chi connectivity index (χ0n) is 11.7. The second-order valence-corrected chi connectivity index (χ2v) is 5.45. The number of nitrogens with zero attached hydrogens (tertiary/aromatic N) is 3. The molecule has 0 bridgehead atoms. The Kier molecular flexibility index (Phi) is 3.76. The van der Waals surface area contributed by atoms with Crippen LogP contribution in [0.25, 0.3) is 11.0 Å². The molecule has 1 N–H and O–H groups in total. The van der Waals surface area contributed by atoms with Crippen LogP contribution in [0.3, 0.4) is 0 Å². The van der Waals surface area contributed by atoms with Crippen molar-refractivity contribution in [2.45, 2.75) is 25.4 Å². The highest BCUT2D eigenvalue weighted by Gasteiger charge is 2.41. The molecule has 0 saturated carbocycles. The number of pyridine rings is 1. The van der Waals surface area contributed by atoms with Crippen molar-refractivity contribution in [2.24, 2.45) is 5.92 Å². The van der Waals surface area contributed by atoms with Gasteiger partial charge in [0.05, 0.1) is 29.6 Å². The highest BCUT2D eigenvalue weighted by atomic mass is 19.4. The molecule has 3 heterocycles. The van der Waals surface area contributed by atoms with Gasteiger partial charge in [-0.05, 0) is 18.9 Å². The van der Waals surface area contributed by atoms with Crippen LogP contribution in [0.5, 0.6) is 0 Å². The normalized spacial score (nSPS) is 17.1. The fourth-order valence-electron chi connectivity index (χ4n) is 2.70. The molecule has 0 atom stereocenters. The van der Waals surface area contributed by atoms with Crippen LogP contribution in [-0.4, -0.2) is 45.0 Å². The summed E-state index contributed by atoms with van der Waals surface area (Å²) >= 11 is 0. The van der Waals surface area contributed by atoms with Crippen molar-refractivity contribution in [3.63, 3.8) is 0 Å². The van der Waals surface area contributed by atoms with Crippen LogP contribution in [0.15, 0.2) is 18.5 Å². The number of hydrogen-bond donors (Lipinski definition) is 1. The molecule has 0 unspecified atom stereocenters. The first-order valence-corrected chi connectivity index (χ1v) is 7.06. The number of amides is 1. The van der Waals surface area contributed by atoms with Crippen molar-refractivity contribution in [3.05, 3.63) is 24.3 Å². The lowest BCUT2D eigenvalue weighted by atomic mass is 9.96. The zero-order valence-corrected chi connectivity index (χ0v) is 11.7. The number of aromatic amines is 1. The fourth-order valence-corrected chi connectivity index (χ4v) is 2.70. The van der Waals surface area contributed by atoms with E-state index in [2.05, 4.69) is 15.0 Å². The van der Waals surface area contributed by atoms with Gasteiger partial charge in [-0.3, -0.25) is 9.78 Å². The van der Waals surface area contributed by atoms with Gasteiger partial charge in [0.15, 0.2) is 0 Å². The molecule has 1 saturated heterocycles. The summed E-state index contributed by atoms with van der Waals surface area (Å²) in [6.45, 7) is 0.287. The van der Waals surface area contributed by atoms with Crippen LogP contribution in [0.2, 0.25) is 0 Å². The number of carbonyl (C=O) groups is 1. The van der Waals surface area contributed by atoms with E-state index in [1.807, 2.05) is 0 Å². The SMILES string of the molecule is O=C(Cc1nc2ccncc2[nH]1)N1CCC(C(F)(F)F)CC1. The van der Waals surface area contributed by atoms with E-state index in [1.165, 1.54) is 4.90 Å². The molecule has 0 aromatic carbocycles. The number of aromatic nitrogens is 3. The molecule has 5 nitrogen and oxygen atoms in total. The average molecular weight is 312 g/mol. The van der Waals surface area contributed by atoms with E-state index in [1.54, 1.807) is 18.5 Å². The van der Waals surface area contributed by atoms with Crippen molar-refractivity contribution in [1.82, 2.24) is 19.9 Å². The van der Waals surface area contributed by atoms with Gasteiger partial charge in [0.1, 0.15) is 5.82 Å². The molecule has 0 radical (unpaired) electrons. The van der Waals surface area contributed by atoms with E-state index in [0.29, 0.717) is 11.3 Å². The van der Waals surface area contributed by atoms with Gasteiger partial charge in [-0.2, -0.15) is 13.2 Å². The summed E-state index contributed by atoms with van der Waals surface area (Å²) in [6.07, 6.45) is -0.938. The molecule has 2 aromatic heterocycles. The molecule has 0 aliphatic carbocycles. The van der Waals surface area contributed by atoms with Crippen LogP contribution in [0.1, 0.15) is 18.7 Å². The Morgan fingerprint density at radius 3 is 2.73 bits per heavy atom. The number of likely N-dealkylation sites (tertiary alicyclic amines) is 1. The number of hydrogen-bond acceptors (Lipinski definition) is 3. The van der Waals surface area contributed by atoms with Crippen molar-refractivity contribution in [3.8, 4) is 0 Å². The van der Waals surface area contributed by atoms with Crippen molar-refractivity contribution < 1.29 is 18.0 Å². The van der Waals surface area contributed by atoms with Gasteiger partial charge in [-0.25, -0.2) is 4.98 Å². The van der Waals surface area contributed by atoms with E-state index in [9.17, 15) is 18.0 Å². The first-order chi connectivity index (χ1) is 10.4. The van der Waals surface area contributed by atoms with E-state index in [0.717, 1.165) is 5.52 Å². The monoisotopic (exact) mass is 312 g/mol. The van der Waals surface area contributed by atoms with Gasteiger partial charge in [-0.15, -0.1) is 0 Å². The summed E-state index contributed by atoms with van der Waals surface area (Å²) in [6, 6.07) is 1.73. The van der Waals surface area contributed by atoms with Crippen LogP contribution >= 0.6 is 0 Å². The molecule has 2 aromatic rings. The van der Waals surface area contributed by atoms with Crippen molar-refractivity contribution in [1.29, 1.82) is 0 Å². The molecule has 1 fully saturated rings. The molecule has 8 heteroatoms. The Morgan fingerprint density at radius 1 is 1.36 bits per heavy atom. The van der Waals surface area contributed by atoms with E-state index in [-0.39, 0.29) is 38.3 Å². The second kappa shape index (κ2) is 5.58. The average Bonchev–Trinajstić information content (AvgIpc) is 2.88. The lowest BCUT2D eigenvalue weighted by molar-refractivity contribution is -0.186. The molecule has 0 spiro atoms. The number of nitrogens with one attached hydrogen (secondary N) is 1. The number of piperidine rings is 1. The second-order valence-electron chi connectivity index (χ2n) is 5.45. The minimum atomic E-state index is -4.17. The number of imidazole rings is 1. The fraction of sp³-hybridized carbons (Fsp3) is 0.500. The standard InChI is InChI=1S/C14H15F3N4O/c15-14(16,17)9-2-5-21(6-3-9)13(22)7-12-19-10-1-4-18-8-11(10)20-12/h1,4,8-9H,2-3,5-7H2,(H,19,20). The maximum Gasteiger partial charge on any atom is 0.391 e.